The van der Waals surface area contributed by atoms with Crippen molar-refractivity contribution in [1.82, 2.24) is 4.57 Å². The van der Waals surface area contributed by atoms with Gasteiger partial charge in [0.2, 0.25) is 0 Å². The zero-order chi connectivity index (χ0) is 23.9. The van der Waals surface area contributed by atoms with E-state index in [0.717, 1.165) is 11.3 Å². The third-order valence-corrected chi connectivity index (χ3v) is 6.79. The molecule has 10 heteroatoms. The number of esters is 1. The van der Waals surface area contributed by atoms with Gasteiger partial charge in [0.15, 0.2) is 4.80 Å². The Morgan fingerprint density at radius 3 is 2.58 bits per heavy atom. The quantitative estimate of drug-likeness (QED) is 0.512. The fourth-order valence-electron chi connectivity index (χ4n) is 3.59. The van der Waals surface area contributed by atoms with Gasteiger partial charge in [0.25, 0.3) is 5.56 Å². The van der Waals surface area contributed by atoms with Crippen LogP contribution in [-0.2, 0) is 9.53 Å². The molecular formula is C23H17Cl3N2O4S. The zero-order valence-corrected chi connectivity index (χ0v) is 20.5. The van der Waals surface area contributed by atoms with Gasteiger partial charge in [0, 0.05) is 15.6 Å². The summed E-state index contributed by atoms with van der Waals surface area (Å²) in [5.74, 6) is -0.739. The molecule has 0 radical (unpaired) electrons. The van der Waals surface area contributed by atoms with Crippen molar-refractivity contribution < 1.29 is 14.6 Å². The van der Waals surface area contributed by atoms with Crippen LogP contribution in [0.15, 0.2) is 57.5 Å². The largest absolute Gasteiger partial charge is 0.506 e. The van der Waals surface area contributed by atoms with Gasteiger partial charge in [-0.05, 0) is 49.8 Å². The summed E-state index contributed by atoms with van der Waals surface area (Å²) < 4.78 is 7.00. The molecule has 1 aliphatic heterocycles. The molecule has 0 fully saturated rings. The minimum Gasteiger partial charge on any atom is -0.506 e. The van der Waals surface area contributed by atoms with Crippen LogP contribution in [-0.4, -0.2) is 22.2 Å². The van der Waals surface area contributed by atoms with Gasteiger partial charge in [-0.2, -0.15) is 0 Å². The standard InChI is InChI=1S/C23H17Cl3N2O4S/c1-3-32-22(31)18-11(2)27-23-28(19(18)12-4-6-14(24)7-5-12)21(30)17(33-23)9-13-8-15(25)10-16(26)20(13)29/h4-10,19,29H,3H2,1-2H3/b17-9+/t19-/m0/s1. The number of benzene rings is 2. The molecule has 0 unspecified atom stereocenters. The summed E-state index contributed by atoms with van der Waals surface area (Å²) in [4.78, 5) is 31.3. The molecule has 0 bridgehead atoms. The summed E-state index contributed by atoms with van der Waals surface area (Å²) in [5, 5.41) is 11.2. The van der Waals surface area contributed by atoms with E-state index in [1.54, 1.807) is 38.1 Å². The summed E-state index contributed by atoms with van der Waals surface area (Å²) in [6.07, 6.45) is 1.50. The fraction of sp³-hybridized carbons (Fsp3) is 0.174. The topological polar surface area (TPSA) is 80.9 Å². The normalized spacial score (nSPS) is 15.9. The first-order chi connectivity index (χ1) is 15.7. The first-order valence-corrected chi connectivity index (χ1v) is 11.8. The van der Waals surface area contributed by atoms with E-state index in [4.69, 9.17) is 39.5 Å². The van der Waals surface area contributed by atoms with Crippen molar-refractivity contribution in [2.24, 2.45) is 4.99 Å². The Labute approximate surface area is 207 Å². The van der Waals surface area contributed by atoms with Crippen molar-refractivity contribution in [3.05, 3.63) is 93.6 Å². The van der Waals surface area contributed by atoms with Crippen molar-refractivity contribution in [2.75, 3.05) is 6.61 Å². The maximum atomic E-state index is 13.5. The van der Waals surface area contributed by atoms with E-state index in [0.29, 0.717) is 36.2 Å². The Morgan fingerprint density at radius 1 is 1.21 bits per heavy atom. The Morgan fingerprint density at radius 2 is 1.91 bits per heavy atom. The van der Waals surface area contributed by atoms with Crippen LogP contribution in [0.3, 0.4) is 0 Å². The number of aromatic hydroxyl groups is 1. The first-order valence-electron chi connectivity index (χ1n) is 9.84. The smallest absolute Gasteiger partial charge is 0.338 e. The van der Waals surface area contributed by atoms with Crippen LogP contribution in [0.4, 0.5) is 0 Å². The van der Waals surface area contributed by atoms with Crippen LogP contribution >= 0.6 is 46.1 Å². The maximum Gasteiger partial charge on any atom is 0.338 e. The summed E-state index contributed by atoms with van der Waals surface area (Å²) in [7, 11) is 0. The second-order valence-corrected chi connectivity index (χ2v) is 9.47. The molecule has 0 saturated heterocycles. The lowest BCUT2D eigenvalue weighted by atomic mass is 9.96. The van der Waals surface area contributed by atoms with Crippen molar-refractivity contribution in [3.8, 4) is 5.75 Å². The third kappa shape index (κ3) is 4.46. The number of carbonyl (C=O) groups excluding carboxylic acids is 1. The fourth-order valence-corrected chi connectivity index (χ4v) is 5.26. The number of phenols is 1. The number of halogens is 3. The van der Waals surface area contributed by atoms with Crippen molar-refractivity contribution in [3.63, 3.8) is 0 Å². The van der Waals surface area contributed by atoms with Crippen molar-refractivity contribution in [1.29, 1.82) is 0 Å². The molecule has 1 atom stereocenters. The van der Waals surface area contributed by atoms with Crippen LogP contribution < -0.4 is 14.9 Å². The SMILES string of the molecule is CCOC(=O)C1=C(C)N=c2s/c(=C/c3cc(Cl)cc(Cl)c3O)c(=O)n2[C@H]1c1ccc(Cl)cc1. The molecule has 4 rings (SSSR count). The third-order valence-electron chi connectivity index (χ3n) is 5.05. The number of aromatic nitrogens is 1. The number of thiazole rings is 1. The zero-order valence-electron chi connectivity index (χ0n) is 17.4. The summed E-state index contributed by atoms with van der Waals surface area (Å²) in [6, 6.07) is 9.05. The van der Waals surface area contributed by atoms with Crippen LogP contribution in [0.5, 0.6) is 5.75 Å². The monoisotopic (exact) mass is 522 g/mol. The number of hydrogen-bond acceptors (Lipinski definition) is 6. The summed E-state index contributed by atoms with van der Waals surface area (Å²) >= 11 is 19.3. The van der Waals surface area contributed by atoms with E-state index in [1.807, 2.05) is 0 Å². The predicted molar refractivity (Wildman–Crippen MR) is 130 cm³/mol. The lowest BCUT2D eigenvalue weighted by molar-refractivity contribution is -0.139. The molecule has 0 amide bonds. The number of hydrogen-bond donors (Lipinski definition) is 1. The van der Waals surface area contributed by atoms with E-state index >= 15 is 0 Å². The Hall–Kier alpha value is -2.58. The van der Waals surface area contributed by atoms with Gasteiger partial charge in [-0.3, -0.25) is 9.36 Å². The van der Waals surface area contributed by atoms with Gasteiger partial charge in [0.1, 0.15) is 5.75 Å². The minimum atomic E-state index is -0.753. The van der Waals surface area contributed by atoms with Crippen molar-refractivity contribution in [2.45, 2.75) is 19.9 Å². The molecule has 1 aliphatic rings. The molecule has 3 aromatic rings. The second kappa shape index (κ2) is 9.35. The van der Waals surface area contributed by atoms with Gasteiger partial charge in [-0.15, -0.1) is 0 Å². The van der Waals surface area contributed by atoms with E-state index < -0.39 is 12.0 Å². The van der Waals surface area contributed by atoms with Gasteiger partial charge < -0.3 is 9.84 Å². The number of carbonyl (C=O) groups is 1. The average Bonchev–Trinajstić information content (AvgIpc) is 3.06. The van der Waals surface area contributed by atoms with Crippen LogP contribution in [0, 0.1) is 0 Å². The maximum absolute atomic E-state index is 13.5. The number of ether oxygens (including phenoxy) is 1. The van der Waals surface area contributed by atoms with E-state index in [1.165, 1.54) is 22.8 Å². The highest BCUT2D eigenvalue weighted by atomic mass is 35.5. The Kier molecular flexibility index (Phi) is 6.68. The number of rotatable bonds is 4. The Bertz CT molecular complexity index is 1470. The molecule has 0 aliphatic carbocycles. The van der Waals surface area contributed by atoms with E-state index in [9.17, 15) is 14.7 Å². The number of nitrogens with zero attached hydrogens (tertiary/aromatic N) is 2. The molecule has 0 saturated carbocycles. The predicted octanol–water partition coefficient (Wildman–Crippen LogP) is 4.46. The Balaban J connectivity index is 1.98. The van der Waals surface area contributed by atoms with Crippen LogP contribution in [0.25, 0.3) is 6.08 Å². The van der Waals surface area contributed by atoms with Crippen LogP contribution in [0.1, 0.15) is 31.0 Å². The van der Waals surface area contributed by atoms with Crippen LogP contribution in [0.2, 0.25) is 15.1 Å². The summed E-state index contributed by atoms with van der Waals surface area (Å²) in [6.45, 7) is 3.60. The highest BCUT2D eigenvalue weighted by Crippen LogP contribution is 2.33. The highest BCUT2D eigenvalue weighted by Gasteiger charge is 2.33. The molecule has 1 aromatic heterocycles. The average molecular weight is 524 g/mol. The molecule has 33 heavy (non-hydrogen) atoms. The van der Waals surface area contributed by atoms with Gasteiger partial charge in [-0.1, -0.05) is 58.3 Å². The van der Waals surface area contributed by atoms with Gasteiger partial charge in [-0.25, -0.2) is 9.79 Å². The summed E-state index contributed by atoms with van der Waals surface area (Å²) in [5.41, 5.74) is 1.31. The van der Waals surface area contributed by atoms with E-state index in [-0.39, 0.29) is 28.5 Å². The molecule has 1 N–H and O–H groups in total. The lowest BCUT2D eigenvalue weighted by Crippen LogP contribution is -2.39. The molecule has 2 heterocycles. The minimum absolute atomic E-state index is 0.0704. The second-order valence-electron chi connectivity index (χ2n) is 7.18. The number of fused-ring (bicyclic) bond motifs is 1. The molecular weight excluding hydrogens is 507 g/mol. The van der Waals surface area contributed by atoms with Crippen molar-refractivity contribution >= 4 is 58.2 Å². The lowest BCUT2D eigenvalue weighted by Gasteiger charge is -2.24. The first kappa shape index (κ1) is 23.6. The molecule has 6 nitrogen and oxygen atoms in total. The van der Waals surface area contributed by atoms with Gasteiger partial charge >= 0.3 is 5.97 Å². The molecule has 0 spiro atoms. The van der Waals surface area contributed by atoms with Gasteiger partial charge in [0.05, 0.1) is 33.5 Å². The molecule has 2 aromatic carbocycles. The number of phenolic OH excluding ortho intramolecular Hbond substituents is 1. The highest BCUT2D eigenvalue weighted by molar-refractivity contribution is 7.07. The number of allylic oxidation sites excluding steroid dienone is 1. The van der Waals surface area contributed by atoms with E-state index in [2.05, 4.69) is 4.99 Å². The molecule has 170 valence electrons.